The number of pyridine rings is 1. The highest BCUT2D eigenvalue weighted by Crippen LogP contribution is 2.31. The summed E-state index contributed by atoms with van der Waals surface area (Å²) < 4.78 is 24.2. The van der Waals surface area contributed by atoms with Gasteiger partial charge in [0.1, 0.15) is 17.3 Å². The number of hydrogen-bond acceptors (Lipinski definition) is 5. The van der Waals surface area contributed by atoms with Crippen LogP contribution in [0.5, 0.6) is 11.5 Å². The molecule has 1 amide bonds. The number of methoxy groups -OCH3 is 2. The number of rotatable bonds is 8. The Bertz CT molecular complexity index is 995. The van der Waals surface area contributed by atoms with Crippen LogP contribution in [0.4, 0.5) is 15.8 Å². The summed E-state index contributed by atoms with van der Waals surface area (Å²) in [5, 5.41) is 5.98. The van der Waals surface area contributed by atoms with Gasteiger partial charge in [0, 0.05) is 18.8 Å². The van der Waals surface area contributed by atoms with Crippen molar-refractivity contribution in [1.29, 1.82) is 0 Å². The topological polar surface area (TPSA) is 72.5 Å². The van der Waals surface area contributed by atoms with Crippen LogP contribution in [-0.4, -0.2) is 31.7 Å². The van der Waals surface area contributed by atoms with E-state index < -0.39 is 0 Å². The van der Waals surface area contributed by atoms with Crippen LogP contribution in [0, 0.1) is 5.82 Å². The number of hydrogen-bond donors (Lipinski definition) is 2. The van der Waals surface area contributed by atoms with E-state index in [1.165, 1.54) is 12.3 Å². The van der Waals surface area contributed by atoms with Crippen molar-refractivity contribution in [2.75, 3.05) is 26.1 Å². The highest BCUT2D eigenvalue weighted by Gasteiger charge is 2.10. The largest absolute Gasteiger partial charge is 0.497 e. The minimum Gasteiger partial charge on any atom is -0.497 e. The van der Waals surface area contributed by atoms with Crippen LogP contribution >= 0.6 is 0 Å². The van der Waals surface area contributed by atoms with E-state index in [1.807, 2.05) is 6.07 Å². The molecule has 0 radical (unpaired) electrons. The Morgan fingerprint density at radius 2 is 1.90 bits per heavy atom. The number of anilines is 2. The van der Waals surface area contributed by atoms with Crippen LogP contribution in [-0.2, 0) is 6.42 Å². The van der Waals surface area contributed by atoms with E-state index in [1.54, 1.807) is 56.8 Å². The third kappa shape index (κ3) is 5.22. The van der Waals surface area contributed by atoms with Gasteiger partial charge in [0.05, 0.1) is 37.4 Å². The average molecular weight is 395 g/mol. The van der Waals surface area contributed by atoms with Crippen LogP contribution in [0.3, 0.4) is 0 Å². The van der Waals surface area contributed by atoms with Gasteiger partial charge in [-0.3, -0.25) is 9.78 Å². The Kier molecular flexibility index (Phi) is 6.63. The average Bonchev–Trinajstić information content (AvgIpc) is 2.75. The molecule has 0 aliphatic rings. The van der Waals surface area contributed by atoms with Gasteiger partial charge in [0.25, 0.3) is 5.91 Å². The van der Waals surface area contributed by atoms with Crippen molar-refractivity contribution >= 4 is 17.3 Å². The summed E-state index contributed by atoms with van der Waals surface area (Å²) in [7, 11) is 3.15. The van der Waals surface area contributed by atoms with Crippen LogP contribution in [0.2, 0.25) is 0 Å². The predicted molar refractivity (Wildman–Crippen MR) is 110 cm³/mol. The van der Waals surface area contributed by atoms with Crippen molar-refractivity contribution in [3.05, 3.63) is 77.9 Å². The lowest BCUT2D eigenvalue weighted by atomic mass is 10.1. The molecular weight excluding hydrogens is 373 g/mol. The normalized spacial score (nSPS) is 10.3. The van der Waals surface area contributed by atoms with E-state index in [0.29, 0.717) is 47.0 Å². The molecule has 1 aromatic heterocycles. The summed E-state index contributed by atoms with van der Waals surface area (Å²) >= 11 is 0. The van der Waals surface area contributed by atoms with Crippen LogP contribution in [0.25, 0.3) is 0 Å². The minimum absolute atomic E-state index is 0.275. The molecule has 3 rings (SSSR count). The molecule has 0 saturated heterocycles. The molecule has 0 bridgehead atoms. The van der Waals surface area contributed by atoms with Gasteiger partial charge in [-0.25, -0.2) is 4.39 Å². The first-order valence-corrected chi connectivity index (χ1v) is 9.06. The molecule has 29 heavy (non-hydrogen) atoms. The highest BCUT2D eigenvalue weighted by molar-refractivity contribution is 5.94. The maximum Gasteiger partial charge on any atom is 0.252 e. The molecule has 7 heteroatoms. The van der Waals surface area contributed by atoms with Gasteiger partial charge in [-0.05, 0) is 36.2 Å². The summed E-state index contributed by atoms with van der Waals surface area (Å²) in [6.07, 6.45) is 3.50. The fourth-order valence-electron chi connectivity index (χ4n) is 2.80. The van der Waals surface area contributed by atoms with Crippen molar-refractivity contribution < 1.29 is 18.7 Å². The van der Waals surface area contributed by atoms with E-state index >= 15 is 0 Å². The van der Waals surface area contributed by atoms with Crippen molar-refractivity contribution in [2.45, 2.75) is 6.42 Å². The molecule has 0 spiro atoms. The third-order valence-electron chi connectivity index (χ3n) is 4.33. The van der Waals surface area contributed by atoms with Gasteiger partial charge >= 0.3 is 0 Å². The second-order valence-corrected chi connectivity index (χ2v) is 6.25. The van der Waals surface area contributed by atoms with Gasteiger partial charge < -0.3 is 20.1 Å². The number of nitrogens with one attached hydrogen (secondary N) is 2. The Morgan fingerprint density at radius 1 is 1.07 bits per heavy atom. The maximum atomic E-state index is 13.7. The number of halogens is 1. The van der Waals surface area contributed by atoms with Crippen LogP contribution in [0.1, 0.15) is 15.9 Å². The molecule has 0 fully saturated rings. The Hall–Kier alpha value is -3.61. The van der Waals surface area contributed by atoms with Crippen molar-refractivity contribution in [3.8, 4) is 11.5 Å². The predicted octanol–water partition coefficient (Wildman–Crippen LogP) is 3.95. The van der Waals surface area contributed by atoms with Crippen LogP contribution in [0.15, 0.2) is 60.9 Å². The minimum atomic E-state index is -0.279. The number of carbonyl (C=O) groups excluding carboxylic acids is 1. The molecule has 0 atom stereocenters. The molecule has 2 N–H and O–H groups in total. The van der Waals surface area contributed by atoms with Crippen molar-refractivity contribution in [1.82, 2.24) is 10.3 Å². The third-order valence-corrected chi connectivity index (χ3v) is 4.33. The Morgan fingerprint density at radius 3 is 2.66 bits per heavy atom. The summed E-state index contributed by atoms with van der Waals surface area (Å²) in [6.45, 7) is 0.323. The standard InChI is InChI=1S/C22H22FN3O3/c1-28-18-7-8-20(21(12-18)29-2)26-17-11-16(13-24-14-17)22(27)25-10-9-15-5-3-4-6-19(15)23/h3-8,11-14,26H,9-10H2,1-2H3,(H,25,27). The Balaban J connectivity index is 1.64. The molecule has 0 aliphatic heterocycles. The summed E-state index contributed by atoms with van der Waals surface area (Å²) in [4.78, 5) is 16.5. The lowest BCUT2D eigenvalue weighted by molar-refractivity contribution is 0.0953. The zero-order chi connectivity index (χ0) is 20.6. The first-order valence-electron chi connectivity index (χ1n) is 9.06. The van der Waals surface area contributed by atoms with Crippen LogP contribution < -0.4 is 20.1 Å². The van der Waals surface area contributed by atoms with Gasteiger partial charge in [-0.1, -0.05) is 18.2 Å². The second kappa shape index (κ2) is 9.54. The van der Waals surface area contributed by atoms with Gasteiger partial charge in [-0.2, -0.15) is 0 Å². The molecule has 0 unspecified atom stereocenters. The quantitative estimate of drug-likeness (QED) is 0.604. The van der Waals surface area contributed by atoms with E-state index in [-0.39, 0.29) is 11.7 Å². The summed E-state index contributed by atoms with van der Waals surface area (Å²) in [5.41, 5.74) is 2.31. The van der Waals surface area contributed by atoms with Gasteiger partial charge in [0.2, 0.25) is 0 Å². The zero-order valence-electron chi connectivity index (χ0n) is 16.2. The summed E-state index contributed by atoms with van der Waals surface area (Å²) in [6, 6.07) is 13.6. The Labute approximate surface area is 168 Å². The lowest BCUT2D eigenvalue weighted by Crippen LogP contribution is -2.26. The molecule has 1 heterocycles. The molecular formula is C22H22FN3O3. The van der Waals surface area contributed by atoms with E-state index in [9.17, 15) is 9.18 Å². The van der Waals surface area contributed by atoms with Crippen molar-refractivity contribution in [2.24, 2.45) is 0 Å². The SMILES string of the molecule is COc1ccc(Nc2cncc(C(=O)NCCc3ccccc3F)c2)c(OC)c1. The number of carbonyl (C=O) groups is 1. The molecule has 6 nitrogen and oxygen atoms in total. The smallest absolute Gasteiger partial charge is 0.252 e. The number of benzene rings is 2. The van der Waals surface area contributed by atoms with E-state index in [4.69, 9.17) is 9.47 Å². The molecule has 0 aliphatic carbocycles. The monoisotopic (exact) mass is 395 g/mol. The highest BCUT2D eigenvalue weighted by atomic mass is 19.1. The fraction of sp³-hybridized carbons (Fsp3) is 0.182. The zero-order valence-corrected chi connectivity index (χ0v) is 16.2. The molecule has 0 saturated carbocycles. The van der Waals surface area contributed by atoms with Crippen molar-refractivity contribution in [3.63, 3.8) is 0 Å². The molecule has 150 valence electrons. The summed E-state index contributed by atoms with van der Waals surface area (Å²) in [5.74, 6) is 0.722. The fourth-order valence-corrected chi connectivity index (χ4v) is 2.80. The van der Waals surface area contributed by atoms with E-state index in [2.05, 4.69) is 15.6 Å². The first kappa shape index (κ1) is 20.1. The second-order valence-electron chi connectivity index (χ2n) is 6.25. The van der Waals surface area contributed by atoms with E-state index in [0.717, 1.165) is 0 Å². The lowest BCUT2D eigenvalue weighted by Gasteiger charge is -2.13. The number of amides is 1. The maximum absolute atomic E-state index is 13.7. The number of aromatic nitrogens is 1. The van der Waals surface area contributed by atoms with Gasteiger partial charge in [-0.15, -0.1) is 0 Å². The molecule has 3 aromatic rings. The number of nitrogens with zero attached hydrogens (tertiary/aromatic N) is 1. The number of ether oxygens (including phenoxy) is 2. The molecule has 2 aromatic carbocycles. The van der Waals surface area contributed by atoms with Gasteiger partial charge in [0.15, 0.2) is 0 Å². The first-order chi connectivity index (χ1) is 14.1.